The van der Waals surface area contributed by atoms with Gasteiger partial charge in [0.25, 0.3) is 0 Å². The number of carbonyl (C=O) groups is 1. The molecule has 0 saturated carbocycles. The van der Waals surface area contributed by atoms with Crippen LogP contribution in [0.3, 0.4) is 0 Å². The van der Waals surface area contributed by atoms with Gasteiger partial charge in [0.2, 0.25) is 0 Å². The summed E-state index contributed by atoms with van der Waals surface area (Å²) < 4.78 is 25.9. The van der Waals surface area contributed by atoms with Gasteiger partial charge in [-0.1, -0.05) is 23.7 Å². The van der Waals surface area contributed by atoms with Gasteiger partial charge >= 0.3 is 6.03 Å². The molecule has 0 fully saturated rings. The average Bonchev–Trinajstić information content (AvgIpc) is 2.41. The Bertz CT molecular complexity index is 634. The molecule has 0 aliphatic carbocycles. The quantitative estimate of drug-likeness (QED) is 0.885. The molecule has 0 bridgehead atoms. The number of urea groups is 1. The fraction of sp³-hybridized carbons (Fsp3) is 0.0714. The van der Waals surface area contributed by atoms with Gasteiger partial charge in [0.1, 0.15) is 11.6 Å². The zero-order valence-corrected chi connectivity index (χ0v) is 11.0. The van der Waals surface area contributed by atoms with Crippen LogP contribution in [0, 0.1) is 11.6 Å². The highest BCUT2D eigenvalue weighted by atomic mass is 35.5. The van der Waals surface area contributed by atoms with Crippen LogP contribution in [-0.2, 0) is 6.54 Å². The predicted octanol–water partition coefficient (Wildman–Crippen LogP) is 3.94. The molecule has 0 aliphatic rings. The van der Waals surface area contributed by atoms with Gasteiger partial charge in [0.05, 0.1) is 5.02 Å². The summed E-state index contributed by atoms with van der Waals surface area (Å²) in [5, 5.41) is 4.98. The monoisotopic (exact) mass is 296 g/mol. The molecule has 20 heavy (non-hydrogen) atoms. The fourth-order valence-electron chi connectivity index (χ4n) is 1.58. The molecule has 0 saturated heterocycles. The SMILES string of the molecule is O=C(NCc1cccc(F)c1)Nc1ccc(F)c(Cl)c1. The minimum Gasteiger partial charge on any atom is -0.334 e. The Kier molecular flexibility index (Phi) is 4.53. The van der Waals surface area contributed by atoms with E-state index in [2.05, 4.69) is 10.6 Å². The van der Waals surface area contributed by atoms with Crippen molar-refractivity contribution in [2.45, 2.75) is 6.54 Å². The van der Waals surface area contributed by atoms with E-state index >= 15 is 0 Å². The van der Waals surface area contributed by atoms with E-state index in [-0.39, 0.29) is 17.4 Å². The molecule has 2 rings (SSSR count). The molecule has 0 atom stereocenters. The summed E-state index contributed by atoms with van der Waals surface area (Å²) in [6.07, 6.45) is 0. The van der Waals surface area contributed by atoms with Gasteiger partial charge in [0.15, 0.2) is 0 Å². The van der Waals surface area contributed by atoms with E-state index in [1.807, 2.05) is 0 Å². The smallest absolute Gasteiger partial charge is 0.319 e. The van der Waals surface area contributed by atoms with Crippen LogP contribution in [-0.4, -0.2) is 6.03 Å². The molecule has 2 aromatic carbocycles. The van der Waals surface area contributed by atoms with Crippen molar-refractivity contribution in [2.24, 2.45) is 0 Å². The lowest BCUT2D eigenvalue weighted by Crippen LogP contribution is -2.28. The Morgan fingerprint density at radius 1 is 1.15 bits per heavy atom. The molecule has 104 valence electrons. The Morgan fingerprint density at radius 2 is 1.95 bits per heavy atom. The van der Waals surface area contributed by atoms with Crippen molar-refractivity contribution in [1.29, 1.82) is 0 Å². The van der Waals surface area contributed by atoms with Gasteiger partial charge < -0.3 is 10.6 Å². The molecule has 0 radical (unpaired) electrons. The van der Waals surface area contributed by atoms with Crippen molar-refractivity contribution in [3.8, 4) is 0 Å². The lowest BCUT2D eigenvalue weighted by Gasteiger charge is -2.08. The standard InChI is InChI=1S/C14H11ClF2N2O/c15-12-7-11(4-5-13(12)17)19-14(20)18-8-9-2-1-3-10(16)6-9/h1-7H,8H2,(H2,18,19,20). The van der Waals surface area contributed by atoms with Crippen LogP contribution in [0.15, 0.2) is 42.5 Å². The third-order valence-corrected chi connectivity index (χ3v) is 2.81. The molecule has 2 amide bonds. The second-order valence-corrected chi connectivity index (χ2v) is 4.47. The van der Waals surface area contributed by atoms with Crippen LogP contribution >= 0.6 is 11.6 Å². The highest BCUT2D eigenvalue weighted by Crippen LogP contribution is 2.19. The van der Waals surface area contributed by atoms with Crippen LogP contribution < -0.4 is 10.6 Å². The number of hydrogen-bond acceptors (Lipinski definition) is 1. The first-order valence-electron chi connectivity index (χ1n) is 5.79. The largest absolute Gasteiger partial charge is 0.334 e. The molecule has 0 aromatic heterocycles. The number of rotatable bonds is 3. The van der Waals surface area contributed by atoms with E-state index in [4.69, 9.17) is 11.6 Å². The van der Waals surface area contributed by atoms with Gasteiger partial charge in [-0.25, -0.2) is 13.6 Å². The molecule has 0 aliphatic heterocycles. The zero-order valence-electron chi connectivity index (χ0n) is 10.3. The molecular weight excluding hydrogens is 286 g/mol. The van der Waals surface area contributed by atoms with Crippen LogP contribution in [0.1, 0.15) is 5.56 Å². The van der Waals surface area contributed by atoms with Crippen molar-refractivity contribution >= 4 is 23.3 Å². The number of halogens is 3. The summed E-state index contributed by atoms with van der Waals surface area (Å²) in [5.41, 5.74) is 1.01. The summed E-state index contributed by atoms with van der Waals surface area (Å²) in [6.45, 7) is 0.179. The van der Waals surface area contributed by atoms with Crippen LogP contribution in [0.25, 0.3) is 0 Å². The summed E-state index contributed by atoms with van der Waals surface area (Å²) in [6, 6.07) is 9.27. The molecule has 2 N–H and O–H groups in total. The Balaban J connectivity index is 1.91. The highest BCUT2D eigenvalue weighted by Gasteiger charge is 2.05. The molecule has 3 nitrogen and oxygen atoms in total. The second-order valence-electron chi connectivity index (χ2n) is 4.07. The van der Waals surface area contributed by atoms with Crippen molar-refractivity contribution in [3.05, 3.63) is 64.7 Å². The van der Waals surface area contributed by atoms with E-state index in [0.29, 0.717) is 11.3 Å². The summed E-state index contributed by atoms with van der Waals surface area (Å²) in [7, 11) is 0. The minimum absolute atomic E-state index is 0.0760. The molecule has 6 heteroatoms. The predicted molar refractivity (Wildman–Crippen MR) is 73.7 cm³/mol. The number of anilines is 1. The number of benzene rings is 2. The lowest BCUT2D eigenvalue weighted by atomic mass is 10.2. The Hall–Kier alpha value is -2.14. The third-order valence-electron chi connectivity index (χ3n) is 2.52. The molecular formula is C14H11ClF2N2O. The zero-order chi connectivity index (χ0) is 14.5. The van der Waals surface area contributed by atoms with Gasteiger partial charge in [-0.3, -0.25) is 0 Å². The first-order valence-corrected chi connectivity index (χ1v) is 6.17. The summed E-state index contributed by atoms with van der Waals surface area (Å²) in [4.78, 5) is 11.6. The van der Waals surface area contributed by atoms with E-state index in [1.165, 1.54) is 24.3 Å². The number of carbonyl (C=O) groups excluding carboxylic acids is 1. The van der Waals surface area contributed by atoms with E-state index in [9.17, 15) is 13.6 Å². The third kappa shape index (κ3) is 3.93. The highest BCUT2D eigenvalue weighted by molar-refractivity contribution is 6.31. The maximum Gasteiger partial charge on any atom is 0.319 e. The first-order chi connectivity index (χ1) is 9.54. The van der Waals surface area contributed by atoms with E-state index < -0.39 is 11.8 Å². The minimum atomic E-state index is -0.558. The molecule has 0 spiro atoms. The summed E-state index contributed by atoms with van der Waals surface area (Å²) in [5.74, 6) is -0.924. The maximum absolute atomic E-state index is 12.9. The summed E-state index contributed by atoms with van der Waals surface area (Å²) >= 11 is 5.60. The van der Waals surface area contributed by atoms with Crippen molar-refractivity contribution < 1.29 is 13.6 Å². The van der Waals surface area contributed by atoms with Gasteiger partial charge in [-0.15, -0.1) is 0 Å². The van der Waals surface area contributed by atoms with Gasteiger partial charge in [-0.2, -0.15) is 0 Å². The lowest BCUT2D eigenvalue weighted by molar-refractivity contribution is 0.251. The van der Waals surface area contributed by atoms with E-state index in [1.54, 1.807) is 12.1 Å². The van der Waals surface area contributed by atoms with Crippen molar-refractivity contribution in [2.75, 3.05) is 5.32 Å². The topological polar surface area (TPSA) is 41.1 Å². The Morgan fingerprint density at radius 3 is 2.65 bits per heavy atom. The van der Waals surface area contributed by atoms with Gasteiger partial charge in [-0.05, 0) is 35.9 Å². The van der Waals surface area contributed by atoms with Crippen molar-refractivity contribution in [1.82, 2.24) is 5.32 Å². The first kappa shape index (κ1) is 14.3. The van der Waals surface area contributed by atoms with Crippen LogP contribution in [0.2, 0.25) is 5.02 Å². The van der Waals surface area contributed by atoms with Crippen molar-refractivity contribution in [3.63, 3.8) is 0 Å². The number of amides is 2. The number of hydrogen-bond donors (Lipinski definition) is 2. The fourth-order valence-corrected chi connectivity index (χ4v) is 1.76. The van der Waals surface area contributed by atoms with E-state index in [0.717, 1.165) is 6.07 Å². The number of nitrogens with one attached hydrogen (secondary N) is 2. The normalized spacial score (nSPS) is 10.2. The molecule has 2 aromatic rings. The molecule has 0 heterocycles. The average molecular weight is 297 g/mol. The van der Waals surface area contributed by atoms with Crippen LogP contribution in [0.5, 0.6) is 0 Å². The van der Waals surface area contributed by atoms with Crippen LogP contribution in [0.4, 0.5) is 19.3 Å². The maximum atomic E-state index is 12.9. The second kappa shape index (κ2) is 6.34. The van der Waals surface area contributed by atoms with Gasteiger partial charge in [0, 0.05) is 12.2 Å². The molecule has 0 unspecified atom stereocenters. The Labute approximate surface area is 119 Å².